The quantitative estimate of drug-likeness (QED) is 0.547. The van der Waals surface area contributed by atoms with Crippen LogP contribution in [0.25, 0.3) is 0 Å². The van der Waals surface area contributed by atoms with Crippen molar-refractivity contribution in [1.29, 1.82) is 0 Å². The number of rotatable bonds is 6. The summed E-state index contributed by atoms with van der Waals surface area (Å²) >= 11 is 7.29. The Labute approximate surface area is 194 Å². The maximum absolute atomic E-state index is 12.6. The molecule has 1 aliphatic rings. The molecule has 3 aromatic rings. The van der Waals surface area contributed by atoms with Gasteiger partial charge in [-0.3, -0.25) is 14.5 Å². The number of amides is 2. The summed E-state index contributed by atoms with van der Waals surface area (Å²) in [6.07, 6.45) is 0. The van der Waals surface area contributed by atoms with E-state index in [1.165, 1.54) is 11.8 Å². The average Bonchev–Trinajstić information content (AvgIpc) is 3.14. The molecular formula is C22H22ClN5O3S. The molecule has 32 heavy (non-hydrogen) atoms. The molecule has 1 aromatic heterocycles. The molecule has 10 heteroatoms. The lowest BCUT2D eigenvalue weighted by Gasteiger charge is -2.33. The van der Waals surface area contributed by atoms with Gasteiger partial charge in [-0.15, -0.1) is 10.2 Å². The number of carbonyl (C=O) groups is 2. The van der Waals surface area contributed by atoms with Crippen LogP contribution in [-0.2, 0) is 16.6 Å². The monoisotopic (exact) mass is 471 g/mol. The van der Waals surface area contributed by atoms with E-state index < -0.39 is 0 Å². The van der Waals surface area contributed by atoms with E-state index in [0.29, 0.717) is 33.1 Å². The average molecular weight is 472 g/mol. The summed E-state index contributed by atoms with van der Waals surface area (Å²) < 4.78 is 7.33. The van der Waals surface area contributed by atoms with Crippen LogP contribution in [0, 0.1) is 6.92 Å². The molecular weight excluding hydrogens is 450 g/mol. The van der Waals surface area contributed by atoms with Crippen LogP contribution in [0.3, 0.4) is 0 Å². The van der Waals surface area contributed by atoms with Crippen molar-refractivity contribution in [2.24, 2.45) is 7.05 Å². The number of para-hydroxylation sites is 2. The molecule has 0 spiro atoms. The van der Waals surface area contributed by atoms with Crippen molar-refractivity contribution in [3.63, 3.8) is 0 Å². The summed E-state index contributed by atoms with van der Waals surface area (Å²) in [7, 11) is 1.82. The second kappa shape index (κ2) is 9.22. The Morgan fingerprint density at radius 2 is 2.06 bits per heavy atom. The zero-order valence-electron chi connectivity index (χ0n) is 17.8. The molecule has 0 bridgehead atoms. The predicted molar refractivity (Wildman–Crippen MR) is 124 cm³/mol. The lowest BCUT2D eigenvalue weighted by atomic mass is 10.1. The number of carbonyl (C=O) groups excluding carboxylic acids is 2. The first-order chi connectivity index (χ1) is 15.3. The maximum Gasteiger partial charge on any atom is 0.265 e. The van der Waals surface area contributed by atoms with Gasteiger partial charge in [0.15, 0.2) is 17.6 Å². The van der Waals surface area contributed by atoms with Gasteiger partial charge in [0.2, 0.25) is 5.91 Å². The second-order valence-electron chi connectivity index (χ2n) is 7.39. The Hall–Kier alpha value is -3.04. The minimum Gasteiger partial charge on any atom is -0.482 e. The number of thioether (sulfide) groups is 1. The molecule has 1 unspecified atom stereocenters. The van der Waals surface area contributed by atoms with Crippen LogP contribution in [0.4, 0.5) is 11.4 Å². The van der Waals surface area contributed by atoms with Gasteiger partial charge in [-0.25, -0.2) is 0 Å². The van der Waals surface area contributed by atoms with E-state index in [1.807, 2.05) is 51.2 Å². The smallest absolute Gasteiger partial charge is 0.265 e. The number of hydrogen-bond acceptors (Lipinski definition) is 6. The number of halogens is 1. The summed E-state index contributed by atoms with van der Waals surface area (Å²) in [5.74, 6) is 1.11. The second-order valence-corrected chi connectivity index (χ2v) is 8.77. The Morgan fingerprint density at radius 1 is 1.28 bits per heavy atom. The van der Waals surface area contributed by atoms with Gasteiger partial charge >= 0.3 is 0 Å². The van der Waals surface area contributed by atoms with Gasteiger partial charge in [-0.2, -0.15) is 0 Å². The van der Waals surface area contributed by atoms with Crippen LogP contribution in [0.1, 0.15) is 24.4 Å². The molecule has 0 saturated carbocycles. The van der Waals surface area contributed by atoms with E-state index >= 15 is 0 Å². The molecule has 166 valence electrons. The van der Waals surface area contributed by atoms with Gasteiger partial charge in [-0.05, 0) is 43.7 Å². The normalized spacial score (nSPS) is 14.0. The van der Waals surface area contributed by atoms with Crippen molar-refractivity contribution >= 4 is 46.6 Å². The number of nitrogens with one attached hydrogen (secondary N) is 1. The van der Waals surface area contributed by atoms with E-state index in [1.54, 1.807) is 21.6 Å². The molecule has 1 aliphatic heterocycles. The van der Waals surface area contributed by atoms with Crippen LogP contribution in [-0.4, -0.2) is 38.9 Å². The largest absolute Gasteiger partial charge is 0.482 e. The summed E-state index contributed by atoms with van der Waals surface area (Å²) in [5, 5.41) is 12.5. The van der Waals surface area contributed by atoms with Gasteiger partial charge in [-0.1, -0.05) is 41.6 Å². The summed E-state index contributed by atoms with van der Waals surface area (Å²) in [6, 6.07) is 12.4. The van der Waals surface area contributed by atoms with Crippen LogP contribution >= 0.6 is 23.4 Å². The van der Waals surface area contributed by atoms with E-state index in [-0.39, 0.29) is 30.2 Å². The minimum atomic E-state index is -0.359. The summed E-state index contributed by atoms with van der Waals surface area (Å²) in [4.78, 5) is 26.7. The molecule has 0 saturated heterocycles. The number of hydrogen-bond donors (Lipinski definition) is 1. The van der Waals surface area contributed by atoms with Crippen LogP contribution in [0.5, 0.6) is 5.75 Å². The van der Waals surface area contributed by atoms with Crippen molar-refractivity contribution in [3.05, 3.63) is 58.9 Å². The standard InChI is InChI=1S/C22H22ClN5O3S/c1-13-8-9-15(23)10-16(13)24-19(29)12-32-22-26-25-21(27(22)3)14(2)28-17-6-4-5-7-18(17)31-11-20(28)30/h4-10,14H,11-12H2,1-3H3,(H,24,29). The molecule has 0 aliphatic carbocycles. The highest BCUT2D eigenvalue weighted by atomic mass is 35.5. The van der Waals surface area contributed by atoms with Crippen LogP contribution in [0.2, 0.25) is 5.02 Å². The predicted octanol–water partition coefficient (Wildman–Crippen LogP) is 3.99. The first-order valence-corrected chi connectivity index (χ1v) is 11.3. The van der Waals surface area contributed by atoms with E-state index in [9.17, 15) is 9.59 Å². The third kappa shape index (κ3) is 4.44. The van der Waals surface area contributed by atoms with Crippen molar-refractivity contribution in [1.82, 2.24) is 14.8 Å². The molecule has 4 rings (SSSR count). The van der Waals surface area contributed by atoms with Crippen molar-refractivity contribution in [2.75, 3.05) is 22.6 Å². The molecule has 2 amide bonds. The van der Waals surface area contributed by atoms with Gasteiger partial charge in [0.1, 0.15) is 5.75 Å². The number of ether oxygens (including phenoxy) is 1. The lowest BCUT2D eigenvalue weighted by molar-refractivity contribution is -0.121. The molecule has 1 N–H and O–H groups in total. The minimum absolute atomic E-state index is 0.0239. The SMILES string of the molecule is Cc1ccc(Cl)cc1NC(=O)CSc1nnc(C(C)N2C(=O)COc3ccccc32)n1C. The number of benzene rings is 2. The number of nitrogens with zero attached hydrogens (tertiary/aromatic N) is 4. The molecule has 1 atom stereocenters. The van der Waals surface area contributed by atoms with Crippen molar-refractivity contribution < 1.29 is 14.3 Å². The van der Waals surface area contributed by atoms with E-state index in [0.717, 1.165) is 5.56 Å². The van der Waals surface area contributed by atoms with Gasteiger partial charge in [0, 0.05) is 17.8 Å². The van der Waals surface area contributed by atoms with E-state index in [4.69, 9.17) is 16.3 Å². The molecule has 2 heterocycles. The zero-order chi connectivity index (χ0) is 22.8. The molecule has 0 radical (unpaired) electrons. The number of anilines is 2. The summed E-state index contributed by atoms with van der Waals surface area (Å²) in [6.45, 7) is 3.78. The highest BCUT2D eigenvalue weighted by molar-refractivity contribution is 7.99. The van der Waals surface area contributed by atoms with Crippen molar-refractivity contribution in [3.8, 4) is 5.75 Å². The fourth-order valence-corrected chi connectivity index (χ4v) is 4.41. The first kappa shape index (κ1) is 22.2. The Bertz CT molecular complexity index is 1180. The molecule has 2 aromatic carbocycles. The summed E-state index contributed by atoms with van der Waals surface area (Å²) in [5.41, 5.74) is 2.31. The topological polar surface area (TPSA) is 89.3 Å². The molecule has 8 nitrogen and oxygen atoms in total. The Balaban J connectivity index is 1.46. The highest BCUT2D eigenvalue weighted by Crippen LogP contribution is 2.37. The first-order valence-electron chi connectivity index (χ1n) is 9.97. The molecule has 0 fully saturated rings. The number of aryl methyl sites for hydroxylation is 1. The van der Waals surface area contributed by atoms with Gasteiger partial charge in [0.25, 0.3) is 5.91 Å². The Morgan fingerprint density at radius 3 is 2.88 bits per heavy atom. The fraction of sp³-hybridized carbons (Fsp3) is 0.273. The third-order valence-corrected chi connectivity index (χ3v) is 6.44. The van der Waals surface area contributed by atoms with Crippen molar-refractivity contribution in [2.45, 2.75) is 25.0 Å². The third-order valence-electron chi connectivity index (χ3n) is 5.18. The Kier molecular flexibility index (Phi) is 6.38. The van der Waals surface area contributed by atoms with Gasteiger partial charge < -0.3 is 14.6 Å². The van der Waals surface area contributed by atoms with E-state index in [2.05, 4.69) is 15.5 Å². The van der Waals surface area contributed by atoms with Crippen LogP contribution < -0.4 is 15.0 Å². The zero-order valence-corrected chi connectivity index (χ0v) is 19.4. The van der Waals surface area contributed by atoms with Gasteiger partial charge in [0.05, 0.1) is 17.5 Å². The number of fused-ring (bicyclic) bond motifs is 1. The lowest BCUT2D eigenvalue weighted by Crippen LogP contribution is -2.41. The van der Waals surface area contributed by atoms with Crippen LogP contribution in [0.15, 0.2) is 47.6 Å². The maximum atomic E-state index is 12.6. The number of aromatic nitrogens is 3. The fourth-order valence-electron chi connectivity index (χ4n) is 3.52. The highest BCUT2D eigenvalue weighted by Gasteiger charge is 2.32.